The Balaban J connectivity index is 2.18. The van der Waals surface area contributed by atoms with Crippen LogP contribution in [0.25, 0.3) is 0 Å². The van der Waals surface area contributed by atoms with Gasteiger partial charge in [0, 0.05) is 6.07 Å². The van der Waals surface area contributed by atoms with Crippen molar-refractivity contribution in [2.45, 2.75) is 40.7 Å². The number of nitrogens with zero attached hydrogens (tertiary/aromatic N) is 1. The van der Waals surface area contributed by atoms with Gasteiger partial charge in [-0.05, 0) is 46.8 Å². The number of aromatic nitrogens is 1. The molecule has 2 aromatic rings. The van der Waals surface area contributed by atoms with Crippen molar-refractivity contribution < 1.29 is 33.1 Å². The highest BCUT2D eigenvalue weighted by molar-refractivity contribution is 5.97. The van der Waals surface area contributed by atoms with E-state index in [4.69, 9.17) is 23.5 Å². The zero-order valence-electron chi connectivity index (χ0n) is 17.2. The molecular formula is C20H26N2O7. The van der Waals surface area contributed by atoms with Gasteiger partial charge in [-0.1, -0.05) is 5.16 Å². The summed E-state index contributed by atoms with van der Waals surface area (Å²) >= 11 is 0. The minimum Gasteiger partial charge on any atom is -0.490 e. The molecular weight excluding hydrogens is 380 g/mol. The van der Waals surface area contributed by atoms with Gasteiger partial charge in [-0.2, -0.15) is 0 Å². The number of rotatable bonds is 10. The number of carbonyl (C=O) groups excluding carboxylic acids is 2. The van der Waals surface area contributed by atoms with Crippen LogP contribution in [0.5, 0.6) is 17.2 Å². The van der Waals surface area contributed by atoms with Crippen molar-refractivity contribution in [1.82, 2.24) is 5.16 Å². The first kappa shape index (κ1) is 22.1. The fourth-order valence-corrected chi connectivity index (χ4v) is 2.43. The van der Waals surface area contributed by atoms with Crippen LogP contribution < -0.4 is 19.5 Å². The van der Waals surface area contributed by atoms with Gasteiger partial charge in [-0.15, -0.1) is 0 Å². The highest BCUT2D eigenvalue weighted by atomic mass is 16.6. The van der Waals surface area contributed by atoms with Crippen LogP contribution in [0.3, 0.4) is 0 Å². The maximum atomic E-state index is 12.6. The Hall–Kier alpha value is -3.23. The number of ether oxygens (including phenoxy) is 4. The van der Waals surface area contributed by atoms with Crippen LogP contribution in [-0.2, 0) is 9.53 Å². The van der Waals surface area contributed by atoms with E-state index in [0.29, 0.717) is 42.8 Å². The largest absolute Gasteiger partial charge is 0.490 e. The second kappa shape index (κ2) is 10.4. The molecule has 0 fully saturated rings. The topological polar surface area (TPSA) is 109 Å². The molecule has 0 bridgehead atoms. The Bertz CT molecular complexity index is 820. The van der Waals surface area contributed by atoms with Crippen molar-refractivity contribution in [2.75, 3.05) is 25.1 Å². The van der Waals surface area contributed by atoms with E-state index in [1.54, 1.807) is 13.0 Å². The molecule has 0 saturated heterocycles. The van der Waals surface area contributed by atoms with E-state index in [9.17, 15) is 9.59 Å². The first-order valence-electron chi connectivity index (χ1n) is 9.41. The Morgan fingerprint density at radius 1 is 1.03 bits per heavy atom. The van der Waals surface area contributed by atoms with E-state index in [1.165, 1.54) is 19.1 Å². The second-order valence-corrected chi connectivity index (χ2v) is 5.97. The van der Waals surface area contributed by atoms with E-state index < -0.39 is 18.0 Å². The van der Waals surface area contributed by atoms with Crippen molar-refractivity contribution in [1.29, 1.82) is 0 Å². The molecule has 0 saturated carbocycles. The molecule has 0 aliphatic rings. The van der Waals surface area contributed by atoms with Crippen LogP contribution in [0, 0.1) is 6.92 Å². The Morgan fingerprint density at radius 3 is 2.10 bits per heavy atom. The minimum atomic E-state index is -1.06. The third-order valence-electron chi connectivity index (χ3n) is 3.67. The normalized spacial score (nSPS) is 11.5. The van der Waals surface area contributed by atoms with Crippen molar-refractivity contribution >= 4 is 17.8 Å². The zero-order valence-corrected chi connectivity index (χ0v) is 17.2. The predicted octanol–water partition coefficient (Wildman–Crippen LogP) is 3.36. The lowest BCUT2D eigenvalue weighted by atomic mass is 10.1. The minimum absolute atomic E-state index is 0.175. The summed E-state index contributed by atoms with van der Waals surface area (Å²) in [6.07, 6.45) is -1.06. The highest BCUT2D eigenvalue weighted by Gasteiger charge is 2.23. The van der Waals surface area contributed by atoms with E-state index in [1.807, 2.05) is 20.8 Å². The standard InChI is InChI=1S/C20H26N2O7/c1-6-25-15-10-14(11-16(26-7-2)18(15)27-8-3)20(24)28-13(5)19(23)21-17-9-12(4)22-29-17/h9-11,13H,6-8H2,1-5H3,(H,21,23). The summed E-state index contributed by atoms with van der Waals surface area (Å²) in [7, 11) is 0. The van der Waals surface area contributed by atoms with E-state index in [-0.39, 0.29) is 11.4 Å². The number of amides is 1. The van der Waals surface area contributed by atoms with Crippen molar-refractivity contribution in [3.8, 4) is 17.2 Å². The van der Waals surface area contributed by atoms with Crippen LogP contribution in [0.2, 0.25) is 0 Å². The molecule has 1 aromatic heterocycles. The van der Waals surface area contributed by atoms with Gasteiger partial charge in [-0.3, -0.25) is 10.1 Å². The number of esters is 1. The SMILES string of the molecule is CCOc1cc(C(=O)OC(C)C(=O)Nc2cc(C)no2)cc(OCC)c1OCC. The number of hydrogen-bond acceptors (Lipinski definition) is 8. The zero-order chi connectivity index (χ0) is 21.4. The molecule has 1 heterocycles. The average molecular weight is 406 g/mol. The molecule has 1 aromatic carbocycles. The van der Waals surface area contributed by atoms with Gasteiger partial charge < -0.3 is 23.5 Å². The number of benzene rings is 1. The van der Waals surface area contributed by atoms with E-state index in [2.05, 4.69) is 10.5 Å². The molecule has 1 N–H and O–H groups in total. The molecule has 0 radical (unpaired) electrons. The molecule has 9 heteroatoms. The summed E-state index contributed by atoms with van der Waals surface area (Å²) in [5.41, 5.74) is 0.793. The lowest BCUT2D eigenvalue weighted by molar-refractivity contribution is -0.123. The Kier molecular flexibility index (Phi) is 7.88. The number of nitrogens with one attached hydrogen (secondary N) is 1. The number of carbonyl (C=O) groups is 2. The fraction of sp³-hybridized carbons (Fsp3) is 0.450. The molecule has 1 unspecified atom stereocenters. The van der Waals surface area contributed by atoms with Crippen LogP contribution in [0.4, 0.5) is 5.88 Å². The molecule has 0 aliphatic heterocycles. The van der Waals surface area contributed by atoms with Gasteiger partial charge >= 0.3 is 5.97 Å². The van der Waals surface area contributed by atoms with Crippen LogP contribution in [0.15, 0.2) is 22.7 Å². The van der Waals surface area contributed by atoms with Gasteiger partial charge in [-0.25, -0.2) is 4.79 Å². The lowest BCUT2D eigenvalue weighted by Gasteiger charge is -2.17. The number of aryl methyl sites for hydroxylation is 1. The molecule has 158 valence electrons. The second-order valence-electron chi connectivity index (χ2n) is 5.97. The van der Waals surface area contributed by atoms with Crippen LogP contribution in [-0.4, -0.2) is 43.0 Å². The quantitative estimate of drug-likeness (QED) is 0.598. The lowest BCUT2D eigenvalue weighted by Crippen LogP contribution is -2.29. The average Bonchev–Trinajstić information content (AvgIpc) is 3.09. The van der Waals surface area contributed by atoms with Crippen LogP contribution >= 0.6 is 0 Å². The maximum absolute atomic E-state index is 12.6. The summed E-state index contributed by atoms with van der Waals surface area (Å²) in [6.45, 7) is 9.81. The third-order valence-corrected chi connectivity index (χ3v) is 3.67. The summed E-state index contributed by atoms with van der Waals surface area (Å²) in [5.74, 6) is 0.0674. The number of anilines is 1. The van der Waals surface area contributed by atoms with Crippen molar-refractivity contribution in [2.24, 2.45) is 0 Å². The first-order valence-corrected chi connectivity index (χ1v) is 9.41. The molecule has 9 nitrogen and oxygen atoms in total. The van der Waals surface area contributed by atoms with Crippen molar-refractivity contribution in [3.05, 3.63) is 29.5 Å². The van der Waals surface area contributed by atoms with Gasteiger partial charge in [0.1, 0.15) is 0 Å². The van der Waals surface area contributed by atoms with E-state index in [0.717, 1.165) is 0 Å². The summed E-state index contributed by atoms with van der Waals surface area (Å²) in [6, 6.07) is 4.56. The Morgan fingerprint density at radius 2 is 1.62 bits per heavy atom. The first-order chi connectivity index (χ1) is 13.9. The molecule has 0 spiro atoms. The smallest absolute Gasteiger partial charge is 0.339 e. The number of hydrogen-bond donors (Lipinski definition) is 1. The summed E-state index contributed by atoms with van der Waals surface area (Å²) in [4.78, 5) is 24.8. The molecule has 29 heavy (non-hydrogen) atoms. The fourth-order valence-electron chi connectivity index (χ4n) is 2.43. The summed E-state index contributed by atoms with van der Waals surface area (Å²) < 4.78 is 27.0. The van der Waals surface area contributed by atoms with Gasteiger partial charge in [0.2, 0.25) is 11.6 Å². The van der Waals surface area contributed by atoms with Gasteiger partial charge in [0.25, 0.3) is 5.91 Å². The van der Waals surface area contributed by atoms with Crippen LogP contribution in [0.1, 0.15) is 43.7 Å². The van der Waals surface area contributed by atoms with Gasteiger partial charge in [0.15, 0.2) is 17.6 Å². The molecule has 1 atom stereocenters. The van der Waals surface area contributed by atoms with Crippen molar-refractivity contribution in [3.63, 3.8) is 0 Å². The highest BCUT2D eigenvalue weighted by Crippen LogP contribution is 2.39. The maximum Gasteiger partial charge on any atom is 0.339 e. The monoisotopic (exact) mass is 406 g/mol. The predicted molar refractivity (Wildman–Crippen MR) is 105 cm³/mol. The van der Waals surface area contributed by atoms with E-state index >= 15 is 0 Å². The molecule has 2 rings (SSSR count). The Labute approximate surface area is 169 Å². The molecule has 1 amide bonds. The van der Waals surface area contributed by atoms with Gasteiger partial charge in [0.05, 0.1) is 31.1 Å². The summed E-state index contributed by atoms with van der Waals surface area (Å²) in [5, 5.41) is 6.17. The molecule has 0 aliphatic carbocycles. The third kappa shape index (κ3) is 5.87.